The molecule has 1 amide bonds. The minimum atomic E-state index is -0.272. The van der Waals surface area contributed by atoms with Crippen LogP contribution < -0.4 is 10.1 Å². The van der Waals surface area contributed by atoms with Crippen LogP contribution in [0.15, 0.2) is 60.1 Å². The van der Waals surface area contributed by atoms with Crippen LogP contribution in [0.3, 0.4) is 0 Å². The zero-order valence-electron chi connectivity index (χ0n) is 16.4. The van der Waals surface area contributed by atoms with Gasteiger partial charge in [-0.1, -0.05) is 41.4 Å². The average Bonchev–Trinajstić information content (AvgIpc) is 3.35. The number of nitrogens with one attached hydrogen (secondary N) is 1. The summed E-state index contributed by atoms with van der Waals surface area (Å²) in [5.41, 5.74) is 2.93. The van der Waals surface area contributed by atoms with Crippen LogP contribution in [-0.2, 0) is 4.79 Å². The molecule has 4 rings (SSSR count). The summed E-state index contributed by atoms with van der Waals surface area (Å²) in [6.07, 6.45) is 1.61. The maximum Gasteiger partial charge on any atom is 0.263 e. The van der Waals surface area contributed by atoms with Crippen molar-refractivity contribution in [3.8, 4) is 22.1 Å². The van der Waals surface area contributed by atoms with Gasteiger partial charge in [-0.3, -0.25) is 9.36 Å². The molecular weight excluding hydrogens is 420 g/mol. The number of carbonyl (C=O) groups excluding carboxylic acids is 1. The number of aromatic nitrogens is 3. The van der Waals surface area contributed by atoms with E-state index in [0.717, 1.165) is 22.6 Å². The van der Waals surface area contributed by atoms with E-state index < -0.39 is 0 Å². The molecule has 0 radical (unpaired) electrons. The van der Waals surface area contributed by atoms with Crippen molar-refractivity contribution in [3.63, 3.8) is 0 Å². The molecular formula is C22H19ClN4O2S. The zero-order chi connectivity index (χ0) is 21.1. The number of rotatable bonds is 6. The molecule has 0 atom stereocenters. The van der Waals surface area contributed by atoms with Gasteiger partial charge in [-0.15, -0.1) is 11.3 Å². The Morgan fingerprint density at radius 2 is 1.87 bits per heavy atom. The SMILES string of the molecule is Cc1ccc(OCC(=O)Nc2cnc(C)n2-c2nc(-c3ccc(Cl)cc3)cs2)cc1. The summed E-state index contributed by atoms with van der Waals surface area (Å²) < 4.78 is 7.37. The lowest BCUT2D eigenvalue weighted by Crippen LogP contribution is -2.21. The van der Waals surface area contributed by atoms with Crippen LogP contribution in [-0.4, -0.2) is 27.0 Å². The second kappa shape index (κ2) is 8.69. The fourth-order valence-corrected chi connectivity index (χ4v) is 3.88. The molecule has 4 aromatic rings. The Morgan fingerprint density at radius 1 is 1.13 bits per heavy atom. The molecule has 6 nitrogen and oxygen atoms in total. The van der Waals surface area contributed by atoms with Crippen molar-refractivity contribution < 1.29 is 9.53 Å². The standard InChI is InChI=1S/C22H19ClN4O2S/c1-14-3-9-18(10-4-14)29-12-21(28)26-20-11-24-15(2)27(20)22-25-19(13-30-22)16-5-7-17(23)8-6-16/h3-11,13H,12H2,1-2H3,(H,26,28). The third kappa shape index (κ3) is 4.53. The van der Waals surface area contributed by atoms with Gasteiger partial charge in [0.25, 0.3) is 5.91 Å². The molecule has 0 unspecified atom stereocenters. The summed E-state index contributed by atoms with van der Waals surface area (Å²) in [6.45, 7) is 3.76. The fraction of sp³-hybridized carbons (Fsp3) is 0.136. The quantitative estimate of drug-likeness (QED) is 0.444. The molecule has 30 heavy (non-hydrogen) atoms. The molecule has 0 aliphatic heterocycles. The monoisotopic (exact) mass is 438 g/mol. The number of ether oxygens (including phenoxy) is 1. The third-order valence-electron chi connectivity index (χ3n) is 4.42. The Kier molecular flexibility index (Phi) is 5.83. The molecule has 0 fully saturated rings. The maximum atomic E-state index is 12.4. The van der Waals surface area contributed by atoms with E-state index in [-0.39, 0.29) is 12.5 Å². The third-order valence-corrected chi connectivity index (χ3v) is 5.50. The highest BCUT2D eigenvalue weighted by molar-refractivity contribution is 7.12. The van der Waals surface area contributed by atoms with Crippen LogP contribution >= 0.6 is 22.9 Å². The van der Waals surface area contributed by atoms with Crippen molar-refractivity contribution in [3.05, 3.63) is 76.5 Å². The molecule has 0 aliphatic carbocycles. The number of nitrogens with zero attached hydrogens (tertiary/aromatic N) is 3. The Morgan fingerprint density at radius 3 is 2.60 bits per heavy atom. The van der Waals surface area contributed by atoms with Gasteiger partial charge in [0.15, 0.2) is 11.7 Å². The van der Waals surface area contributed by atoms with E-state index in [1.165, 1.54) is 11.3 Å². The van der Waals surface area contributed by atoms with Crippen LogP contribution in [0.1, 0.15) is 11.4 Å². The van der Waals surface area contributed by atoms with E-state index in [0.29, 0.717) is 21.7 Å². The molecule has 0 aliphatic rings. The van der Waals surface area contributed by atoms with Gasteiger partial charge in [0, 0.05) is 16.0 Å². The van der Waals surface area contributed by atoms with E-state index in [1.54, 1.807) is 6.20 Å². The van der Waals surface area contributed by atoms with Crippen molar-refractivity contribution in [1.82, 2.24) is 14.5 Å². The minimum Gasteiger partial charge on any atom is -0.484 e. The smallest absolute Gasteiger partial charge is 0.263 e. The van der Waals surface area contributed by atoms with Gasteiger partial charge in [0.05, 0.1) is 11.9 Å². The average molecular weight is 439 g/mol. The Labute approximate surface area is 183 Å². The van der Waals surface area contributed by atoms with Crippen LogP contribution in [0.5, 0.6) is 5.75 Å². The molecule has 0 saturated carbocycles. The normalized spacial score (nSPS) is 10.8. The number of amides is 1. The molecule has 152 valence electrons. The summed E-state index contributed by atoms with van der Waals surface area (Å²) in [7, 11) is 0. The number of thiazole rings is 1. The molecule has 2 aromatic heterocycles. The van der Waals surface area contributed by atoms with Gasteiger partial charge >= 0.3 is 0 Å². The van der Waals surface area contributed by atoms with Gasteiger partial charge < -0.3 is 10.1 Å². The lowest BCUT2D eigenvalue weighted by molar-refractivity contribution is -0.118. The molecule has 0 spiro atoms. The van der Waals surface area contributed by atoms with Crippen LogP contribution in [0.25, 0.3) is 16.4 Å². The molecule has 2 heterocycles. The molecule has 8 heteroatoms. The Hall–Kier alpha value is -3.16. The van der Waals surface area contributed by atoms with Crippen molar-refractivity contribution in [2.24, 2.45) is 0 Å². The lowest BCUT2D eigenvalue weighted by Gasteiger charge is -2.10. The van der Waals surface area contributed by atoms with Gasteiger partial charge in [0.1, 0.15) is 17.4 Å². The Balaban J connectivity index is 1.48. The first-order valence-corrected chi connectivity index (χ1v) is 10.5. The summed E-state index contributed by atoms with van der Waals surface area (Å²) in [5, 5.41) is 6.21. The topological polar surface area (TPSA) is 69.0 Å². The summed E-state index contributed by atoms with van der Waals surface area (Å²) in [5.74, 6) is 1.64. The molecule has 2 aromatic carbocycles. The van der Waals surface area contributed by atoms with E-state index in [4.69, 9.17) is 21.3 Å². The van der Waals surface area contributed by atoms with Crippen LogP contribution in [0, 0.1) is 13.8 Å². The van der Waals surface area contributed by atoms with Gasteiger partial charge in [0.2, 0.25) is 0 Å². The predicted molar refractivity (Wildman–Crippen MR) is 120 cm³/mol. The van der Waals surface area contributed by atoms with Gasteiger partial charge in [-0.2, -0.15) is 0 Å². The van der Waals surface area contributed by atoms with Gasteiger partial charge in [-0.05, 0) is 38.1 Å². The summed E-state index contributed by atoms with van der Waals surface area (Å²) in [6, 6.07) is 15.1. The first kappa shape index (κ1) is 20.1. The fourth-order valence-electron chi connectivity index (χ4n) is 2.86. The Bertz CT molecular complexity index is 1170. The lowest BCUT2D eigenvalue weighted by atomic mass is 10.2. The van der Waals surface area contributed by atoms with Crippen LogP contribution in [0.2, 0.25) is 5.02 Å². The highest BCUT2D eigenvalue weighted by Gasteiger charge is 2.15. The number of carbonyl (C=O) groups is 1. The van der Waals surface area contributed by atoms with Crippen molar-refractivity contribution in [2.75, 3.05) is 11.9 Å². The van der Waals surface area contributed by atoms with E-state index >= 15 is 0 Å². The first-order chi connectivity index (χ1) is 14.5. The summed E-state index contributed by atoms with van der Waals surface area (Å²) >= 11 is 7.44. The van der Waals surface area contributed by atoms with Gasteiger partial charge in [-0.25, -0.2) is 9.97 Å². The predicted octanol–water partition coefficient (Wildman–Crippen LogP) is 5.28. The number of hydrogen-bond acceptors (Lipinski definition) is 5. The largest absolute Gasteiger partial charge is 0.484 e. The second-order valence-corrected chi connectivity index (χ2v) is 7.97. The molecule has 1 N–H and O–H groups in total. The number of benzene rings is 2. The van der Waals surface area contributed by atoms with Crippen molar-refractivity contribution in [2.45, 2.75) is 13.8 Å². The number of halogens is 1. The number of aryl methyl sites for hydroxylation is 2. The second-order valence-electron chi connectivity index (χ2n) is 6.70. The van der Waals surface area contributed by atoms with E-state index in [9.17, 15) is 4.79 Å². The minimum absolute atomic E-state index is 0.0960. The van der Waals surface area contributed by atoms with Crippen molar-refractivity contribution >= 4 is 34.7 Å². The number of hydrogen-bond donors (Lipinski definition) is 1. The van der Waals surface area contributed by atoms with Crippen molar-refractivity contribution in [1.29, 1.82) is 0 Å². The molecule has 0 saturated heterocycles. The zero-order valence-corrected chi connectivity index (χ0v) is 18.0. The number of imidazole rings is 1. The number of anilines is 1. The molecule has 0 bridgehead atoms. The first-order valence-electron chi connectivity index (χ1n) is 9.25. The van der Waals surface area contributed by atoms with E-state index in [1.807, 2.05) is 72.3 Å². The summed E-state index contributed by atoms with van der Waals surface area (Å²) in [4.78, 5) is 21.4. The van der Waals surface area contributed by atoms with Crippen LogP contribution in [0.4, 0.5) is 5.82 Å². The maximum absolute atomic E-state index is 12.4. The van der Waals surface area contributed by atoms with E-state index in [2.05, 4.69) is 10.3 Å². The highest BCUT2D eigenvalue weighted by Crippen LogP contribution is 2.28. The highest BCUT2D eigenvalue weighted by atomic mass is 35.5.